The van der Waals surface area contributed by atoms with Crippen LogP contribution in [0.4, 0.5) is 0 Å². The summed E-state index contributed by atoms with van der Waals surface area (Å²) in [4.78, 5) is 7.93. The molecule has 0 bridgehead atoms. The normalized spacial score (nSPS) is 11.7. The molecular formula is C11H11BrN2O3S. The minimum atomic E-state index is -3.56. The molecule has 0 radical (unpaired) electrons. The minimum Gasteiger partial charge on any atom is -0.445 e. The van der Waals surface area contributed by atoms with Crippen molar-refractivity contribution in [1.82, 2.24) is 9.97 Å². The van der Waals surface area contributed by atoms with Crippen LogP contribution in [0, 0.1) is 13.8 Å². The van der Waals surface area contributed by atoms with Crippen LogP contribution in [0.2, 0.25) is 0 Å². The zero-order valence-corrected chi connectivity index (χ0v) is 12.2. The second-order valence-electron chi connectivity index (χ2n) is 3.80. The van der Waals surface area contributed by atoms with Gasteiger partial charge in [-0.3, -0.25) is 0 Å². The third kappa shape index (κ3) is 2.62. The fourth-order valence-corrected chi connectivity index (χ4v) is 3.60. The third-order valence-corrected chi connectivity index (χ3v) is 4.85. The first kappa shape index (κ1) is 13.2. The second kappa shape index (κ2) is 4.81. The third-order valence-electron chi connectivity index (χ3n) is 2.41. The molecular weight excluding hydrogens is 320 g/mol. The Balaban J connectivity index is 2.36. The topological polar surface area (TPSA) is 73.1 Å². The van der Waals surface area contributed by atoms with E-state index in [4.69, 9.17) is 4.42 Å². The average molecular weight is 331 g/mol. The van der Waals surface area contributed by atoms with Crippen molar-refractivity contribution in [1.29, 1.82) is 0 Å². The Morgan fingerprint density at radius 2 is 2.11 bits per heavy atom. The van der Waals surface area contributed by atoms with E-state index in [-0.39, 0.29) is 16.7 Å². The van der Waals surface area contributed by atoms with E-state index in [1.807, 2.05) is 0 Å². The first-order valence-corrected chi connectivity index (χ1v) is 7.61. The number of pyridine rings is 1. The molecule has 0 aliphatic carbocycles. The lowest BCUT2D eigenvalue weighted by atomic mass is 10.4. The maximum Gasteiger partial charge on any atom is 0.210 e. The van der Waals surface area contributed by atoms with Crippen LogP contribution in [0.1, 0.15) is 17.3 Å². The van der Waals surface area contributed by atoms with Crippen molar-refractivity contribution in [3.63, 3.8) is 0 Å². The molecule has 18 heavy (non-hydrogen) atoms. The molecule has 0 aliphatic heterocycles. The largest absolute Gasteiger partial charge is 0.445 e. The average Bonchev–Trinajstić information content (AvgIpc) is 2.57. The number of sulfone groups is 1. The van der Waals surface area contributed by atoms with Gasteiger partial charge in [0.25, 0.3) is 0 Å². The number of nitrogens with zero attached hydrogens (tertiary/aromatic N) is 2. The number of rotatable bonds is 3. The zero-order chi connectivity index (χ0) is 13.3. The molecule has 2 aromatic heterocycles. The van der Waals surface area contributed by atoms with Crippen LogP contribution in [-0.2, 0) is 15.6 Å². The van der Waals surface area contributed by atoms with Crippen LogP contribution < -0.4 is 0 Å². The predicted octanol–water partition coefficient (Wildman–Crippen LogP) is 2.42. The van der Waals surface area contributed by atoms with E-state index >= 15 is 0 Å². The number of hydrogen-bond donors (Lipinski definition) is 0. The van der Waals surface area contributed by atoms with Crippen LogP contribution in [0.15, 0.2) is 32.2 Å². The maximum absolute atomic E-state index is 12.2. The summed E-state index contributed by atoms with van der Waals surface area (Å²) in [5.41, 5.74) is 0.695. The van der Waals surface area contributed by atoms with E-state index in [0.29, 0.717) is 15.9 Å². The Labute approximate surface area is 113 Å². The summed E-state index contributed by atoms with van der Waals surface area (Å²) in [5, 5.41) is -0.00138. The Morgan fingerprint density at radius 1 is 1.39 bits per heavy atom. The van der Waals surface area contributed by atoms with Crippen LogP contribution in [0.25, 0.3) is 0 Å². The van der Waals surface area contributed by atoms with E-state index in [9.17, 15) is 8.42 Å². The number of hydrogen-bond acceptors (Lipinski definition) is 5. The predicted molar refractivity (Wildman–Crippen MR) is 68.8 cm³/mol. The highest BCUT2D eigenvalue weighted by molar-refractivity contribution is 9.10. The van der Waals surface area contributed by atoms with Gasteiger partial charge in [0.05, 0.1) is 10.2 Å². The Morgan fingerprint density at radius 3 is 2.67 bits per heavy atom. The van der Waals surface area contributed by atoms with Crippen molar-refractivity contribution in [3.05, 3.63) is 40.1 Å². The molecule has 0 aromatic carbocycles. The van der Waals surface area contributed by atoms with Gasteiger partial charge in [-0.05, 0) is 41.9 Å². The zero-order valence-electron chi connectivity index (χ0n) is 9.84. The van der Waals surface area contributed by atoms with Gasteiger partial charge in [-0.2, -0.15) is 0 Å². The molecule has 0 saturated heterocycles. The second-order valence-corrected chi connectivity index (χ2v) is 6.56. The van der Waals surface area contributed by atoms with Gasteiger partial charge in [-0.15, -0.1) is 0 Å². The molecule has 2 aromatic rings. The summed E-state index contributed by atoms with van der Waals surface area (Å²) < 4.78 is 30.0. The summed E-state index contributed by atoms with van der Waals surface area (Å²) in [7, 11) is -3.56. The standard InChI is InChI=1S/C11H11BrN2O3S/c1-7-8(2)17-10(14-7)6-18(15,16)11-9(12)4-3-5-13-11/h3-5H,6H2,1-2H3. The van der Waals surface area contributed by atoms with E-state index in [2.05, 4.69) is 25.9 Å². The van der Waals surface area contributed by atoms with Gasteiger partial charge in [0.1, 0.15) is 11.5 Å². The van der Waals surface area contributed by atoms with Crippen LogP contribution >= 0.6 is 15.9 Å². The van der Waals surface area contributed by atoms with Gasteiger partial charge in [0, 0.05) is 6.20 Å². The molecule has 0 unspecified atom stereocenters. The quantitative estimate of drug-likeness (QED) is 0.864. The molecule has 5 nitrogen and oxygen atoms in total. The molecule has 0 amide bonds. The molecule has 0 N–H and O–H groups in total. The minimum absolute atomic E-state index is 0.00138. The molecule has 0 fully saturated rings. The Bertz CT molecular complexity index is 660. The van der Waals surface area contributed by atoms with Gasteiger partial charge < -0.3 is 4.42 Å². The fourth-order valence-electron chi connectivity index (χ4n) is 1.43. The van der Waals surface area contributed by atoms with Crippen molar-refractivity contribution in [3.8, 4) is 0 Å². The van der Waals surface area contributed by atoms with Crippen LogP contribution in [0.3, 0.4) is 0 Å². The van der Waals surface area contributed by atoms with E-state index in [1.54, 1.807) is 26.0 Å². The highest BCUT2D eigenvalue weighted by Crippen LogP contribution is 2.22. The SMILES string of the molecule is Cc1nc(CS(=O)(=O)c2ncccc2Br)oc1C. The Hall–Kier alpha value is -1.21. The first-order valence-electron chi connectivity index (χ1n) is 5.16. The van der Waals surface area contributed by atoms with Crippen molar-refractivity contribution in [2.75, 3.05) is 0 Å². The molecule has 7 heteroatoms. The number of oxazole rings is 1. The highest BCUT2D eigenvalue weighted by atomic mass is 79.9. The molecule has 0 atom stereocenters. The van der Waals surface area contributed by atoms with E-state index in [0.717, 1.165) is 0 Å². The summed E-state index contributed by atoms with van der Waals surface area (Å²) in [6.07, 6.45) is 1.43. The lowest BCUT2D eigenvalue weighted by Crippen LogP contribution is -2.08. The number of aryl methyl sites for hydroxylation is 2. The number of halogens is 1. The maximum atomic E-state index is 12.2. The van der Waals surface area contributed by atoms with E-state index in [1.165, 1.54) is 6.20 Å². The monoisotopic (exact) mass is 330 g/mol. The van der Waals surface area contributed by atoms with Crippen molar-refractivity contribution in [2.24, 2.45) is 0 Å². The van der Waals surface area contributed by atoms with Gasteiger partial charge in [-0.1, -0.05) is 0 Å². The summed E-state index contributed by atoms with van der Waals surface area (Å²) >= 11 is 3.17. The van der Waals surface area contributed by atoms with Crippen molar-refractivity contribution in [2.45, 2.75) is 24.6 Å². The molecule has 0 aliphatic rings. The summed E-state index contributed by atoms with van der Waals surface area (Å²) in [6.45, 7) is 3.51. The smallest absolute Gasteiger partial charge is 0.210 e. The van der Waals surface area contributed by atoms with Gasteiger partial charge >= 0.3 is 0 Å². The van der Waals surface area contributed by atoms with Crippen molar-refractivity contribution >= 4 is 25.8 Å². The lowest BCUT2D eigenvalue weighted by Gasteiger charge is -2.02. The van der Waals surface area contributed by atoms with Crippen molar-refractivity contribution < 1.29 is 12.8 Å². The summed E-state index contributed by atoms with van der Waals surface area (Å²) in [6, 6.07) is 3.29. The van der Waals surface area contributed by atoms with E-state index < -0.39 is 9.84 Å². The molecule has 0 saturated carbocycles. The lowest BCUT2D eigenvalue weighted by molar-refractivity contribution is 0.483. The van der Waals surface area contributed by atoms with Gasteiger partial charge in [0.2, 0.25) is 15.7 Å². The van der Waals surface area contributed by atoms with Crippen LogP contribution in [-0.4, -0.2) is 18.4 Å². The van der Waals surface area contributed by atoms with Crippen LogP contribution in [0.5, 0.6) is 0 Å². The number of aromatic nitrogens is 2. The highest BCUT2D eigenvalue weighted by Gasteiger charge is 2.23. The fraction of sp³-hybridized carbons (Fsp3) is 0.273. The molecule has 2 heterocycles. The molecule has 96 valence electrons. The van der Waals surface area contributed by atoms with Gasteiger partial charge in [0.15, 0.2) is 5.03 Å². The summed E-state index contributed by atoms with van der Waals surface area (Å²) in [5.74, 6) is 0.514. The Kier molecular flexibility index (Phi) is 3.54. The first-order chi connectivity index (χ1) is 8.40. The molecule has 2 rings (SSSR count). The molecule has 0 spiro atoms. The van der Waals surface area contributed by atoms with Gasteiger partial charge in [-0.25, -0.2) is 18.4 Å².